The van der Waals surface area contributed by atoms with Crippen LogP contribution in [-0.2, 0) is 26.2 Å². The van der Waals surface area contributed by atoms with Gasteiger partial charge in [-0.3, -0.25) is 4.79 Å². The number of methoxy groups -OCH3 is 1. The first-order chi connectivity index (χ1) is 15.7. The monoisotopic (exact) mass is 479 g/mol. The standard InChI is InChI=1S/C24H30FNO6S/c1-17(2)13-24(27)26(16-19-8-6-12-31-19)15-18-7-4-5-9-22(18)32-33(28,29)20-10-11-23(30-3)21(25)14-20/h4-5,7,9-11,14,17,19H,6,8,12-13,15-16H2,1-3H3/t19-/m1/s1. The van der Waals surface area contributed by atoms with Gasteiger partial charge in [-0.2, -0.15) is 8.42 Å². The van der Waals surface area contributed by atoms with Crippen LogP contribution in [0.2, 0.25) is 0 Å². The zero-order valence-electron chi connectivity index (χ0n) is 19.1. The Morgan fingerprint density at radius 3 is 2.61 bits per heavy atom. The lowest BCUT2D eigenvalue weighted by Crippen LogP contribution is -2.37. The van der Waals surface area contributed by atoms with Crippen molar-refractivity contribution in [1.29, 1.82) is 0 Å². The number of hydrogen-bond acceptors (Lipinski definition) is 6. The fourth-order valence-corrected chi connectivity index (χ4v) is 4.64. The van der Waals surface area contributed by atoms with Gasteiger partial charge in [-0.05, 0) is 43.0 Å². The second-order valence-electron chi connectivity index (χ2n) is 8.45. The second-order valence-corrected chi connectivity index (χ2v) is 10.00. The van der Waals surface area contributed by atoms with Gasteiger partial charge in [-0.25, -0.2) is 4.39 Å². The van der Waals surface area contributed by atoms with Crippen molar-refractivity contribution in [1.82, 2.24) is 4.90 Å². The number of nitrogens with zero attached hydrogens (tertiary/aromatic N) is 1. The maximum absolute atomic E-state index is 14.1. The molecule has 1 saturated heterocycles. The SMILES string of the molecule is COc1ccc(S(=O)(=O)Oc2ccccc2CN(C[C@H]2CCCO2)C(=O)CC(C)C)cc1F. The average molecular weight is 480 g/mol. The molecule has 33 heavy (non-hydrogen) atoms. The van der Waals surface area contributed by atoms with E-state index in [0.29, 0.717) is 25.1 Å². The van der Waals surface area contributed by atoms with Gasteiger partial charge in [0.2, 0.25) is 5.91 Å². The van der Waals surface area contributed by atoms with Gasteiger partial charge in [0.1, 0.15) is 10.6 Å². The molecule has 0 N–H and O–H groups in total. The summed E-state index contributed by atoms with van der Waals surface area (Å²) in [5.41, 5.74) is 0.533. The van der Waals surface area contributed by atoms with Crippen LogP contribution >= 0.6 is 0 Å². The minimum atomic E-state index is -4.30. The third-order valence-electron chi connectivity index (χ3n) is 5.33. The summed E-state index contributed by atoms with van der Waals surface area (Å²) >= 11 is 0. The molecule has 1 fully saturated rings. The Balaban J connectivity index is 1.84. The molecule has 0 spiro atoms. The molecule has 0 unspecified atom stereocenters. The predicted molar refractivity (Wildman–Crippen MR) is 121 cm³/mol. The number of ether oxygens (including phenoxy) is 2. The molecule has 7 nitrogen and oxygen atoms in total. The van der Waals surface area contributed by atoms with Crippen LogP contribution in [0.3, 0.4) is 0 Å². The van der Waals surface area contributed by atoms with Crippen molar-refractivity contribution in [3.8, 4) is 11.5 Å². The number of halogens is 1. The maximum Gasteiger partial charge on any atom is 0.339 e. The van der Waals surface area contributed by atoms with Crippen LogP contribution in [0.1, 0.15) is 38.7 Å². The fourth-order valence-electron chi connectivity index (χ4n) is 3.66. The summed E-state index contributed by atoms with van der Waals surface area (Å²) in [6.45, 7) is 5.22. The smallest absolute Gasteiger partial charge is 0.339 e. The lowest BCUT2D eigenvalue weighted by atomic mass is 10.1. The molecule has 1 heterocycles. The third-order valence-corrected chi connectivity index (χ3v) is 6.56. The van der Waals surface area contributed by atoms with Gasteiger partial charge in [0, 0.05) is 31.7 Å². The van der Waals surface area contributed by atoms with Gasteiger partial charge in [0.05, 0.1) is 13.2 Å². The van der Waals surface area contributed by atoms with E-state index in [1.807, 2.05) is 13.8 Å². The van der Waals surface area contributed by atoms with Crippen LogP contribution in [0.4, 0.5) is 4.39 Å². The quantitative estimate of drug-likeness (QED) is 0.476. The minimum absolute atomic E-state index is 0.0321. The molecule has 180 valence electrons. The summed E-state index contributed by atoms with van der Waals surface area (Å²) in [5, 5.41) is 0. The van der Waals surface area contributed by atoms with Gasteiger partial charge in [-0.15, -0.1) is 0 Å². The molecule has 0 radical (unpaired) electrons. The van der Waals surface area contributed by atoms with Gasteiger partial charge in [0.15, 0.2) is 11.6 Å². The van der Waals surface area contributed by atoms with Crippen molar-refractivity contribution < 1.29 is 31.3 Å². The van der Waals surface area contributed by atoms with Gasteiger partial charge >= 0.3 is 10.1 Å². The molecule has 0 aromatic heterocycles. The molecule has 0 aliphatic carbocycles. The van der Waals surface area contributed by atoms with E-state index < -0.39 is 15.9 Å². The van der Waals surface area contributed by atoms with Crippen molar-refractivity contribution in [3.05, 3.63) is 53.8 Å². The van der Waals surface area contributed by atoms with E-state index in [9.17, 15) is 17.6 Å². The van der Waals surface area contributed by atoms with Gasteiger partial charge < -0.3 is 18.6 Å². The van der Waals surface area contributed by atoms with E-state index in [1.165, 1.54) is 25.3 Å². The fraction of sp³-hybridized carbons (Fsp3) is 0.458. The van der Waals surface area contributed by atoms with Crippen molar-refractivity contribution >= 4 is 16.0 Å². The molecule has 1 aliphatic rings. The highest BCUT2D eigenvalue weighted by atomic mass is 32.2. The Morgan fingerprint density at radius 1 is 1.21 bits per heavy atom. The molecule has 1 amide bonds. The minimum Gasteiger partial charge on any atom is -0.494 e. The molecular formula is C24H30FNO6S. The van der Waals surface area contributed by atoms with Crippen LogP contribution in [0.5, 0.6) is 11.5 Å². The summed E-state index contributed by atoms with van der Waals surface area (Å²) in [4.78, 5) is 14.3. The Labute approximate surface area is 194 Å². The molecule has 0 bridgehead atoms. The van der Waals surface area contributed by atoms with E-state index in [-0.39, 0.29) is 40.9 Å². The average Bonchev–Trinajstić information content (AvgIpc) is 3.27. The first kappa shape index (κ1) is 25.0. The maximum atomic E-state index is 14.1. The van der Waals surface area contributed by atoms with Crippen LogP contribution in [0.15, 0.2) is 47.4 Å². The summed E-state index contributed by atoms with van der Waals surface area (Å²) in [6.07, 6.45) is 2.16. The highest BCUT2D eigenvalue weighted by Crippen LogP contribution is 2.27. The summed E-state index contributed by atoms with van der Waals surface area (Å²) in [5.74, 6) is -0.639. The van der Waals surface area contributed by atoms with Crippen molar-refractivity contribution in [2.24, 2.45) is 5.92 Å². The molecule has 3 rings (SSSR count). The Hall–Kier alpha value is -2.65. The van der Waals surface area contributed by atoms with E-state index in [2.05, 4.69) is 0 Å². The molecule has 0 saturated carbocycles. The van der Waals surface area contributed by atoms with E-state index in [1.54, 1.807) is 23.1 Å². The number of carbonyl (C=O) groups excluding carboxylic acids is 1. The third kappa shape index (κ3) is 6.68. The van der Waals surface area contributed by atoms with E-state index in [0.717, 1.165) is 18.9 Å². The summed E-state index contributed by atoms with van der Waals surface area (Å²) < 4.78 is 55.6. The second kappa shape index (κ2) is 11.0. The number of para-hydroxylation sites is 1. The molecule has 1 atom stereocenters. The van der Waals surface area contributed by atoms with E-state index in [4.69, 9.17) is 13.7 Å². The van der Waals surface area contributed by atoms with Crippen molar-refractivity contribution in [2.45, 2.75) is 50.7 Å². The molecule has 2 aromatic rings. The largest absolute Gasteiger partial charge is 0.494 e. The summed E-state index contributed by atoms with van der Waals surface area (Å²) in [7, 11) is -3.01. The topological polar surface area (TPSA) is 82.1 Å². The number of amides is 1. The first-order valence-electron chi connectivity index (χ1n) is 10.9. The van der Waals surface area contributed by atoms with Crippen LogP contribution in [-0.4, -0.2) is 45.6 Å². The highest BCUT2D eigenvalue weighted by molar-refractivity contribution is 7.87. The predicted octanol–water partition coefficient (Wildman–Crippen LogP) is 4.16. The zero-order chi connectivity index (χ0) is 24.0. The molecule has 1 aliphatic heterocycles. The number of carbonyl (C=O) groups is 1. The van der Waals surface area contributed by atoms with Crippen molar-refractivity contribution in [3.63, 3.8) is 0 Å². The lowest BCUT2D eigenvalue weighted by molar-refractivity contribution is -0.134. The number of rotatable bonds is 10. The highest BCUT2D eigenvalue weighted by Gasteiger charge is 2.26. The van der Waals surface area contributed by atoms with Gasteiger partial charge in [0.25, 0.3) is 0 Å². The Bertz CT molecular complexity index is 1070. The van der Waals surface area contributed by atoms with Crippen LogP contribution in [0.25, 0.3) is 0 Å². The Kier molecular flexibility index (Phi) is 8.31. The first-order valence-corrected chi connectivity index (χ1v) is 12.4. The van der Waals surface area contributed by atoms with Crippen LogP contribution < -0.4 is 8.92 Å². The lowest BCUT2D eigenvalue weighted by Gasteiger charge is -2.27. The van der Waals surface area contributed by atoms with E-state index >= 15 is 0 Å². The molecular weight excluding hydrogens is 449 g/mol. The van der Waals surface area contributed by atoms with Crippen LogP contribution in [0, 0.1) is 11.7 Å². The Morgan fingerprint density at radius 2 is 1.97 bits per heavy atom. The zero-order valence-corrected chi connectivity index (χ0v) is 19.9. The normalized spacial score (nSPS) is 16.1. The van der Waals surface area contributed by atoms with Gasteiger partial charge in [-0.1, -0.05) is 32.0 Å². The number of hydrogen-bond donors (Lipinski definition) is 0. The molecule has 9 heteroatoms. The number of benzene rings is 2. The van der Waals surface area contributed by atoms with Crippen molar-refractivity contribution in [2.75, 3.05) is 20.3 Å². The molecule has 2 aromatic carbocycles. The summed E-state index contributed by atoms with van der Waals surface area (Å²) in [6, 6.07) is 9.92.